The minimum atomic E-state index is 0.0851. The molecule has 2 aromatic rings. The zero-order valence-corrected chi connectivity index (χ0v) is 17.9. The van der Waals surface area contributed by atoms with Gasteiger partial charge in [-0.05, 0) is 29.8 Å². The lowest BCUT2D eigenvalue weighted by molar-refractivity contribution is -0.135. The van der Waals surface area contributed by atoms with Gasteiger partial charge in [-0.3, -0.25) is 9.79 Å². The third kappa shape index (κ3) is 5.60. The van der Waals surface area contributed by atoms with Crippen molar-refractivity contribution in [1.29, 1.82) is 0 Å². The van der Waals surface area contributed by atoms with E-state index in [0.29, 0.717) is 37.2 Å². The Kier molecular flexibility index (Phi) is 6.93. The number of aliphatic imine (C=N–C) groups is 1. The van der Waals surface area contributed by atoms with E-state index in [1.807, 2.05) is 71.3 Å². The molecule has 1 fully saturated rings. The molecule has 1 aliphatic rings. The number of anilines is 1. The second-order valence-electron chi connectivity index (χ2n) is 7.15. The lowest BCUT2D eigenvalue weighted by Crippen LogP contribution is -2.54. The highest BCUT2D eigenvalue weighted by molar-refractivity contribution is 6.30. The van der Waals surface area contributed by atoms with E-state index in [9.17, 15) is 4.79 Å². The first-order valence-electron chi connectivity index (χ1n) is 9.57. The number of amides is 1. The third-order valence-electron chi connectivity index (χ3n) is 4.79. The van der Waals surface area contributed by atoms with Crippen LogP contribution in [0.1, 0.15) is 11.3 Å². The van der Waals surface area contributed by atoms with E-state index in [1.54, 1.807) is 7.05 Å². The van der Waals surface area contributed by atoms with Gasteiger partial charge in [0.25, 0.3) is 0 Å². The van der Waals surface area contributed by atoms with Crippen molar-refractivity contribution in [3.8, 4) is 0 Å². The summed E-state index contributed by atoms with van der Waals surface area (Å²) in [6.07, 6.45) is 0. The Morgan fingerprint density at radius 1 is 1.21 bits per heavy atom. The van der Waals surface area contributed by atoms with Gasteiger partial charge in [-0.25, -0.2) is 4.98 Å². The molecule has 1 aromatic heterocycles. The highest BCUT2D eigenvalue weighted by Crippen LogP contribution is 2.14. The number of aromatic nitrogens is 1. The van der Waals surface area contributed by atoms with Crippen LogP contribution in [-0.2, 0) is 17.9 Å². The summed E-state index contributed by atoms with van der Waals surface area (Å²) in [5, 5.41) is 4.02. The van der Waals surface area contributed by atoms with Gasteiger partial charge in [0.15, 0.2) is 5.96 Å². The van der Waals surface area contributed by atoms with Crippen LogP contribution in [0.15, 0.2) is 47.5 Å². The van der Waals surface area contributed by atoms with Gasteiger partial charge in [0.2, 0.25) is 5.91 Å². The number of pyridine rings is 1. The fourth-order valence-electron chi connectivity index (χ4n) is 3.18. The lowest BCUT2D eigenvalue weighted by Gasteiger charge is -2.36. The quantitative estimate of drug-likeness (QED) is 0.600. The van der Waals surface area contributed by atoms with Crippen LogP contribution in [0.3, 0.4) is 0 Å². The van der Waals surface area contributed by atoms with Gasteiger partial charge in [0.1, 0.15) is 5.82 Å². The Hall–Kier alpha value is -2.80. The maximum absolute atomic E-state index is 12.6. The number of nitrogens with zero attached hydrogens (tertiary/aromatic N) is 5. The molecule has 154 valence electrons. The molecule has 0 aliphatic carbocycles. The fourth-order valence-corrected chi connectivity index (χ4v) is 3.31. The van der Waals surface area contributed by atoms with Crippen molar-refractivity contribution in [2.75, 3.05) is 45.7 Å². The van der Waals surface area contributed by atoms with Crippen LogP contribution in [0, 0.1) is 0 Å². The molecule has 1 aromatic carbocycles. The third-order valence-corrected chi connectivity index (χ3v) is 5.05. The molecule has 2 heterocycles. The van der Waals surface area contributed by atoms with Crippen molar-refractivity contribution in [3.63, 3.8) is 0 Å². The number of halogens is 1. The molecule has 1 amide bonds. The SMILES string of the molecule is CN=C(NCc1cccc(N(C)C)n1)N1CCN(Cc2ccc(Cl)cc2)C(=O)C1. The molecule has 3 rings (SSSR count). The predicted molar refractivity (Wildman–Crippen MR) is 117 cm³/mol. The molecule has 0 bridgehead atoms. The first kappa shape index (κ1) is 20.9. The van der Waals surface area contributed by atoms with E-state index in [4.69, 9.17) is 11.6 Å². The monoisotopic (exact) mass is 414 g/mol. The molecular formula is C21H27ClN6O. The van der Waals surface area contributed by atoms with E-state index in [-0.39, 0.29) is 5.91 Å². The highest BCUT2D eigenvalue weighted by atomic mass is 35.5. The number of guanidine groups is 1. The van der Waals surface area contributed by atoms with Gasteiger partial charge in [-0.1, -0.05) is 29.8 Å². The minimum absolute atomic E-state index is 0.0851. The summed E-state index contributed by atoms with van der Waals surface area (Å²) in [5.41, 5.74) is 2.00. The number of piperazine rings is 1. The van der Waals surface area contributed by atoms with Crippen molar-refractivity contribution in [1.82, 2.24) is 20.1 Å². The van der Waals surface area contributed by atoms with Crippen molar-refractivity contribution >= 4 is 29.3 Å². The van der Waals surface area contributed by atoms with Crippen molar-refractivity contribution < 1.29 is 4.79 Å². The van der Waals surface area contributed by atoms with Gasteiger partial charge < -0.3 is 20.0 Å². The van der Waals surface area contributed by atoms with E-state index in [2.05, 4.69) is 15.3 Å². The number of nitrogens with one attached hydrogen (secondary N) is 1. The molecule has 8 heteroatoms. The number of carbonyl (C=O) groups excluding carboxylic acids is 1. The van der Waals surface area contributed by atoms with Gasteiger partial charge in [-0.15, -0.1) is 0 Å². The van der Waals surface area contributed by atoms with Crippen LogP contribution in [0.4, 0.5) is 5.82 Å². The average molecular weight is 415 g/mol. The summed E-state index contributed by atoms with van der Waals surface area (Å²) in [4.78, 5) is 27.4. The largest absolute Gasteiger partial charge is 0.363 e. The number of hydrogen-bond donors (Lipinski definition) is 1. The average Bonchev–Trinajstić information content (AvgIpc) is 2.72. The Labute approximate surface area is 177 Å². The summed E-state index contributed by atoms with van der Waals surface area (Å²) in [6, 6.07) is 13.5. The van der Waals surface area contributed by atoms with Crippen molar-refractivity contribution in [2.24, 2.45) is 4.99 Å². The van der Waals surface area contributed by atoms with Crippen LogP contribution >= 0.6 is 11.6 Å². The summed E-state index contributed by atoms with van der Waals surface area (Å²) in [5.74, 6) is 1.70. The number of rotatable bonds is 5. The lowest BCUT2D eigenvalue weighted by atomic mass is 10.2. The van der Waals surface area contributed by atoms with Crippen molar-refractivity contribution in [2.45, 2.75) is 13.1 Å². The molecule has 1 N–H and O–H groups in total. The van der Waals surface area contributed by atoms with Crippen LogP contribution in [-0.4, -0.2) is 67.4 Å². The molecule has 1 aliphatic heterocycles. The number of carbonyl (C=O) groups is 1. The Morgan fingerprint density at radius 2 is 1.97 bits per heavy atom. The van der Waals surface area contributed by atoms with Gasteiger partial charge >= 0.3 is 0 Å². The van der Waals surface area contributed by atoms with Crippen LogP contribution < -0.4 is 10.2 Å². The summed E-state index contributed by atoms with van der Waals surface area (Å²) < 4.78 is 0. The molecule has 0 atom stereocenters. The molecular weight excluding hydrogens is 388 g/mol. The zero-order valence-electron chi connectivity index (χ0n) is 17.1. The molecule has 0 spiro atoms. The predicted octanol–water partition coefficient (Wildman–Crippen LogP) is 2.22. The number of benzene rings is 1. The zero-order chi connectivity index (χ0) is 20.8. The summed E-state index contributed by atoms with van der Waals surface area (Å²) >= 11 is 5.94. The summed E-state index contributed by atoms with van der Waals surface area (Å²) in [6.45, 7) is 2.82. The maximum Gasteiger partial charge on any atom is 0.242 e. The van der Waals surface area contributed by atoms with E-state index in [1.165, 1.54) is 0 Å². The molecule has 0 saturated carbocycles. The normalized spacial score (nSPS) is 14.9. The van der Waals surface area contributed by atoms with Crippen LogP contribution in [0.2, 0.25) is 5.02 Å². The first-order chi connectivity index (χ1) is 14.0. The fraction of sp³-hybridized carbons (Fsp3) is 0.381. The second-order valence-corrected chi connectivity index (χ2v) is 7.58. The summed E-state index contributed by atoms with van der Waals surface area (Å²) in [7, 11) is 5.66. The Morgan fingerprint density at radius 3 is 2.62 bits per heavy atom. The topological polar surface area (TPSA) is 64.1 Å². The van der Waals surface area contributed by atoms with Gasteiger partial charge in [-0.2, -0.15) is 0 Å². The van der Waals surface area contributed by atoms with E-state index in [0.717, 1.165) is 23.6 Å². The van der Waals surface area contributed by atoms with Gasteiger partial charge in [0.05, 0.1) is 18.8 Å². The van der Waals surface area contributed by atoms with E-state index >= 15 is 0 Å². The van der Waals surface area contributed by atoms with Crippen molar-refractivity contribution in [3.05, 3.63) is 58.7 Å². The van der Waals surface area contributed by atoms with E-state index < -0.39 is 0 Å². The highest BCUT2D eigenvalue weighted by Gasteiger charge is 2.26. The standard InChI is InChI=1S/C21H27ClN6O/c1-23-21(24-13-18-5-4-6-19(25-18)26(2)3)28-12-11-27(20(29)15-28)14-16-7-9-17(22)10-8-16/h4-10H,11-15H2,1-3H3,(H,23,24). The maximum atomic E-state index is 12.6. The van der Waals surface area contributed by atoms with Gasteiger partial charge in [0, 0.05) is 45.8 Å². The second kappa shape index (κ2) is 9.60. The Balaban J connectivity index is 1.55. The molecule has 29 heavy (non-hydrogen) atoms. The number of hydrogen-bond acceptors (Lipinski definition) is 4. The minimum Gasteiger partial charge on any atom is -0.363 e. The first-order valence-corrected chi connectivity index (χ1v) is 9.95. The Bertz CT molecular complexity index is 868. The smallest absolute Gasteiger partial charge is 0.242 e. The molecule has 0 unspecified atom stereocenters. The molecule has 1 saturated heterocycles. The molecule has 0 radical (unpaired) electrons. The van der Waals surface area contributed by atoms with Crippen LogP contribution in [0.5, 0.6) is 0 Å². The molecule has 7 nitrogen and oxygen atoms in total. The van der Waals surface area contributed by atoms with Crippen LogP contribution in [0.25, 0.3) is 0 Å².